The van der Waals surface area contributed by atoms with Crippen LogP contribution >= 0.6 is 0 Å². The Morgan fingerprint density at radius 3 is 1.33 bits per heavy atom. The summed E-state index contributed by atoms with van der Waals surface area (Å²) in [5.41, 5.74) is 0.806. The molecule has 0 N–H and O–H groups in total. The van der Waals surface area contributed by atoms with Gasteiger partial charge < -0.3 is 9.47 Å². The first kappa shape index (κ1) is 14.2. The zero-order chi connectivity index (χ0) is 10.6. The summed E-state index contributed by atoms with van der Waals surface area (Å²) in [5, 5.41) is 0. The Morgan fingerprint density at radius 1 is 0.867 bits per heavy atom. The van der Waals surface area contributed by atoms with Gasteiger partial charge in [0.1, 0.15) is 0 Å². The maximum Gasteiger partial charge on any atom is 0.337 e. The van der Waals surface area contributed by atoms with Gasteiger partial charge in [0.2, 0.25) is 0 Å². The standard InChI is InChI=1S/C10H10O4.Na/c1-13-9(11)7-3-5-8(6-4-7)10(12)14-2;/h3-6H,1-2H3;. The zero-order valence-electron chi connectivity index (χ0n) is 8.94. The van der Waals surface area contributed by atoms with Crippen molar-refractivity contribution in [2.45, 2.75) is 0 Å². The average molecular weight is 217 g/mol. The summed E-state index contributed by atoms with van der Waals surface area (Å²) in [5.74, 6) is -0.858. The molecule has 0 saturated carbocycles. The third-order valence-corrected chi connectivity index (χ3v) is 1.73. The van der Waals surface area contributed by atoms with Crippen LogP contribution in [0.4, 0.5) is 0 Å². The van der Waals surface area contributed by atoms with Gasteiger partial charge in [-0.25, -0.2) is 9.59 Å². The van der Waals surface area contributed by atoms with E-state index in [0.29, 0.717) is 11.1 Å². The van der Waals surface area contributed by atoms with Gasteiger partial charge in [-0.05, 0) is 24.3 Å². The molecule has 0 bridgehead atoms. The molecule has 1 radical (unpaired) electrons. The number of benzene rings is 1. The van der Waals surface area contributed by atoms with Crippen molar-refractivity contribution >= 4 is 41.5 Å². The molecule has 0 aliphatic carbocycles. The summed E-state index contributed by atoms with van der Waals surface area (Å²) in [6.45, 7) is 0. The largest absolute Gasteiger partial charge is 0.465 e. The molecule has 0 spiro atoms. The Balaban J connectivity index is 0.00000196. The molecular formula is C10H10NaO4. The van der Waals surface area contributed by atoms with E-state index in [1.165, 1.54) is 38.5 Å². The summed E-state index contributed by atoms with van der Waals surface area (Å²) in [6, 6.07) is 6.05. The number of carbonyl (C=O) groups excluding carboxylic acids is 2. The van der Waals surface area contributed by atoms with Crippen LogP contribution in [0.1, 0.15) is 20.7 Å². The van der Waals surface area contributed by atoms with Crippen molar-refractivity contribution in [3.8, 4) is 0 Å². The van der Waals surface area contributed by atoms with Crippen LogP contribution in [0.15, 0.2) is 24.3 Å². The van der Waals surface area contributed by atoms with Gasteiger partial charge in [-0.15, -0.1) is 0 Å². The van der Waals surface area contributed by atoms with Gasteiger partial charge >= 0.3 is 11.9 Å². The van der Waals surface area contributed by atoms with E-state index >= 15 is 0 Å². The molecule has 0 unspecified atom stereocenters. The fourth-order valence-corrected chi connectivity index (χ4v) is 0.978. The van der Waals surface area contributed by atoms with Crippen molar-refractivity contribution in [1.82, 2.24) is 0 Å². The fraction of sp³-hybridized carbons (Fsp3) is 0.200. The van der Waals surface area contributed by atoms with Crippen molar-refractivity contribution < 1.29 is 19.1 Å². The van der Waals surface area contributed by atoms with Gasteiger partial charge in [0.05, 0.1) is 25.3 Å². The third kappa shape index (κ3) is 3.66. The van der Waals surface area contributed by atoms with E-state index < -0.39 is 11.9 Å². The van der Waals surface area contributed by atoms with Crippen LogP contribution < -0.4 is 0 Å². The second-order valence-corrected chi connectivity index (χ2v) is 2.56. The molecule has 0 saturated heterocycles. The average Bonchev–Trinajstić information content (AvgIpc) is 2.27. The minimum absolute atomic E-state index is 0. The molecule has 4 nitrogen and oxygen atoms in total. The Hall–Kier alpha value is -0.840. The molecule has 1 aromatic rings. The van der Waals surface area contributed by atoms with Crippen LogP contribution in [-0.4, -0.2) is 55.7 Å². The van der Waals surface area contributed by atoms with E-state index in [0.717, 1.165) is 0 Å². The molecule has 0 atom stereocenters. The summed E-state index contributed by atoms with van der Waals surface area (Å²) in [6.07, 6.45) is 0. The number of hydrogen-bond donors (Lipinski definition) is 0. The smallest absolute Gasteiger partial charge is 0.337 e. The molecule has 0 amide bonds. The third-order valence-electron chi connectivity index (χ3n) is 1.73. The molecular weight excluding hydrogens is 207 g/mol. The molecule has 15 heavy (non-hydrogen) atoms. The van der Waals surface area contributed by atoms with Crippen LogP contribution in [0.5, 0.6) is 0 Å². The maximum absolute atomic E-state index is 11.0. The van der Waals surface area contributed by atoms with Crippen LogP contribution in [0.3, 0.4) is 0 Å². The van der Waals surface area contributed by atoms with E-state index in [-0.39, 0.29) is 29.6 Å². The van der Waals surface area contributed by atoms with Gasteiger partial charge in [-0.1, -0.05) is 0 Å². The van der Waals surface area contributed by atoms with E-state index in [9.17, 15) is 9.59 Å². The predicted octanol–water partition coefficient (Wildman–Crippen LogP) is 0.879. The number of hydrogen-bond acceptors (Lipinski definition) is 4. The van der Waals surface area contributed by atoms with Crippen molar-refractivity contribution in [3.63, 3.8) is 0 Å². The number of esters is 2. The number of carbonyl (C=O) groups is 2. The second-order valence-electron chi connectivity index (χ2n) is 2.56. The molecule has 1 rings (SSSR count). The predicted molar refractivity (Wildman–Crippen MR) is 54.9 cm³/mol. The summed E-state index contributed by atoms with van der Waals surface area (Å²) in [7, 11) is 2.60. The molecule has 0 aliphatic rings. The van der Waals surface area contributed by atoms with Crippen LogP contribution in [0.25, 0.3) is 0 Å². The summed E-state index contributed by atoms with van der Waals surface area (Å²) < 4.78 is 9.02. The topological polar surface area (TPSA) is 52.6 Å². The molecule has 5 heteroatoms. The minimum atomic E-state index is -0.429. The Labute approximate surface area is 110 Å². The first-order valence-corrected chi connectivity index (χ1v) is 3.95. The van der Waals surface area contributed by atoms with E-state index in [1.54, 1.807) is 0 Å². The van der Waals surface area contributed by atoms with E-state index in [1.807, 2.05) is 0 Å². The Bertz CT molecular complexity index is 310. The fourth-order valence-electron chi connectivity index (χ4n) is 0.978. The summed E-state index contributed by atoms with van der Waals surface area (Å²) >= 11 is 0. The number of ether oxygens (including phenoxy) is 2. The van der Waals surface area contributed by atoms with Gasteiger partial charge in [-0.2, -0.15) is 0 Å². The number of rotatable bonds is 2. The van der Waals surface area contributed by atoms with Gasteiger partial charge in [0, 0.05) is 29.6 Å². The van der Waals surface area contributed by atoms with E-state index in [2.05, 4.69) is 9.47 Å². The quantitative estimate of drug-likeness (QED) is 0.545. The summed E-state index contributed by atoms with van der Waals surface area (Å²) in [4.78, 5) is 22.1. The first-order valence-electron chi connectivity index (χ1n) is 3.95. The Kier molecular flexibility index (Phi) is 6.24. The van der Waals surface area contributed by atoms with Crippen LogP contribution in [0.2, 0.25) is 0 Å². The van der Waals surface area contributed by atoms with Crippen molar-refractivity contribution in [2.75, 3.05) is 14.2 Å². The molecule has 0 aromatic heterocycles. The number of methoxy groups -OCH3 is 2. The van der Waals surface area contributed by atoms with Gasteiger partial charge in [0.15, 0.2) is 0 Å². The van der Waals surface area contributed by atoms with Gasteiger partial charge in [-0.3, -0.25) is 0 Å². The molecule has 0 fully saturated rings. The minimum Gasteiger partial charge on any atom is -0.465 e. The van der Waals surface area contributed by atoms with Crippen molar-refractivity contribution in [2.24, 2.45) is 0 Å². The van der Waals surface area contributed by atoms with Gasteiger partial charge in [0.25, 0.3) is 0 Å². The van der Waals surface area contributed by atoms with Crippen LogP contribution in [0, 0.1) is 0 Å². The maximum atomic E-state index is 11.0. The Morgan fingerprint density at radius 2 is 1.13 bits per heavy atom. The monoisotopic (exact) mass is 217 g/mol. The molecule has 1 aromatic carbocycles. The van der Waals surface area contributed by atoms with Crippen molar-refractivity contribution in [3.05, 3.63) is 35.4 Å². The molecule has 75 valence electrons. The molecule has 0 heterocycles. The van der Waals surface area contributed by atoms with E-state index in [4.69, 9.17) is 0 Å². The zero-order valence-corrected chi connectivity index (χ0v) is 10.9. The normalized spacial score (nSPS) is 8.67. The second kappa shape index (κ2) is 6.61. The molecule has 0 aliphatic heterocycles. The van der Waals surface area contributed by atoms with Crippen molar-refractivity contribution in [1.29, 1.82) is 0 Å². The SMILES string of the molecule is COC(=O)c1ccc(C(=O)OC)cc1.[Na]. The first-order chi connectivity index (χ1) is 6.69. The van der Waals surface area contributed by atoms with Crippen LogP contribution in [-0.2, 0) is 9.47 Å².